The molecule has 8 heteroatoms. The van der Waals surface area contributed by atoms with E-state index in [1.54, 1.807) is 0 Å². The molecule has 0 N–H and O–H groups in total. The van der Waals surface area contributed by atoms with Crippen molar-refractivity contribution in [2.45, 2.75) is 66.2 Å². The average Bonchev–Trinajstić information content (AvgIpc) is 3.31. The van der Waals surface area contributed by atoms with Gasteiger partial charge in [0.15, 0.2) is 0 Å². The molecule has 6 nitrogen and oxygen atoms in total. The predicted molar refractivity (Wildman–Crippen MR) is 166 cm³/mol. The van der Waals surface area contributed by atoms with Crippen LogP contribution >= 0.6 is 0 Å². The van der Waals surface area contributed by atoms with Crippen LogP contribution in [0.1, 0.15) is 76.2 Å². The van der Waals surface area contributed by atoms with Crippen molar-refractivity contribution in [2.24, 2.45) is 11.8 Å². The van der Waals surface area contributed by atoms with Crippen LogP contribution in [0.3, 0.4) is 0 Å². The van der Waals surface area contributed by atoms with Crippen LogP contribution in [0, 0.1) is 11.8 Å². The molecular weight excluding hydrogens is 534 g/mol. The van der Waals surface area contributed by atoms with Gasteiger partial charge >= 0.3 is 0 Å². The number of aromatic nitrogens is 2. The number of alkyl halides is 2. The Hall–Kier alpha value is -3.26. The van der Waals surface area contributed by atoms with E-state index < -0.39 is 5.92 Å². The van der Waals surface area contributed by atoms with Crippen molar-refractivity contribution >= 4 is 17.5 Å². The second kappa shape index (κ2) is 14.3. The maximum absolute atomic E-state index is 13.8. The molecule has 1 amide bonds. The molecule has 1 aromatic carbocycles. The highest BCUT2D eigenvalue weighted by atomic mass is 19.3. The number of carbonyl (C=O) groups excluding carboxylic acids is 1. The number of piperidine rings is 1. The van der Waals surface area contributed by atoms with Gasteiger partial charge in [0.2, 0.25) is 0 Å². The number of ether oxygens (including phenoxy) is 1. The van der Waals surface area contributed by atoms with Gasteiger partial charge in [0.05, 0.1) is 12.1 Å². The predicted octanol–water partition coefficient (Wildman–Crippen LogP) is 7.68. The van der Waals surface area contributed by atoms with Crippen LogP contribution < -0.4 is 4.74 Å². The Morgan fingerprint density at radius 1 is 1.05 bits per heavy atom. The van der Waals surface area contributed by atoms with Crippen LogP contribution in [0.2, 0.25) is 0 Å². The van der Waals surface area contributed by atoms with Crippen molar-refractivity contribution < 1.29 is 18.3 Å². The average molecular weight is 581 g/mol. The van der Waals surface area contributed by atoms with Gasteiger partial charge in [-0.1, -0.05) is 39.8 Å². The second-order valence-electron chi connectivity index (χ2n) is 12.2. The summed E-state index contributed by atoms with van der Waals surface area (Å²) in [6.07, 6.45) is 7.59. The third-order valence-corrected chi connectivity index (χ3v) is 7.83. The van der Waals surface area contributed by atoms with Gasteiger partial charge in [-0.05, 0) is 68.0 Å². The first-order valence-electron chi connectivity index (χ1n) is 15.4. The lowest BCUT2D eigenvalue weighted by atomic mass is 10.0. The Balaban J connectivity index is 1.67. The van der Waals surface area contributed by atoms with E-state index in [-0.39, 0.29) is 18.7 Å². The number of hydrogen-bond acceptors (Lipinski definition) is 4. The fraction of sp³-hybridized carbons (Fsp3) is 0.529. The number of carbonyl (C=O) groups is 1. The molecule has 0 atom stereocenters. The molecule has 228 valence electrons. The van der Waals surface area contributed by atoms with E-state index in [1.807, 2.05) is 76.0 Å². The third kappa shape index (κ3) is 8.40. The summed E-state index contributed by atoms with van der Waals surface area (Å²) in [5, 5.41) is 4.89. The number of amides is 1. The molecule has 1 aliphatic heterocycles. The normalized spacial score (nSPS) is 15.7. The molecule has 0 unspecified atom stereocenters. The molecule has 3 heterocycles. The maximum atomic E-state index is 13.8. The van der Waals surface area contributed by atoms with Crippen molar-refractivity contribution in [3.63, 3.8) is 0 Å². The molecule has 2 aromatic heterocycles. The van der Waals surface area contributed by atoms with E-state index in [1.165, 1.54) is 0 Å². The first-order valence-corrected chi connectivity index (χ1v) is 15.4. The van der Waals surface area contributed by atoms with Gasteiger partial charge in [0, 0.05) is 68.5 Å². The molecule has 0 saturated carbocycles. The largest absolute Gasteiger partial charge is 0.494 e. The second-order valence-corrected chi connectivity index (χ2v) is 12.2. The highest BCUT2D eigenvalue weighted by Crippen LogP contribution is 2.31. The zero-order chi connectivity index (χ0) is 30.3. The Morgan fingerprint density at radius 2 is 1.69 bits per heavy atom. The first-order chi connectivity index (χ1) is 20.1. The number of pyridine rings is 1. The Labute approximate surface area is 249 Å². The minimum Gasteiger partial charge on any atom is -0.494 e. The van der Waals surface area contributed by atoms with Crippen LogP contribution in [0.25, 0.3) is 22.9 Å². The lowest BCUT2D eigenvalue weighted by molar-refractivity contribution is -0.0530. The molecule has 1 aliphatic rings. The van der Waals surface area contributed by atoms with Gasteiger partial charge in [0.1, 0.15) is 11.4 Å². The van der Waals surface area contributed by atoms with Gasteiger partial charge in [-0.15, -0.1) is 0 Å². The van der Waals surface area contributed by atoms with Gasteiger partial charge in [-0.25, -0.2) is 13.3 Å². The summed E-state index contributed by atoms with van der Waals surface area (Å²) in [5.74, 6) is -0.719. The van der Waals surface area contributed by atoms with Crippen molar-refractivity contribution in [1.29, 1.82) is 0 Å². The summed E-state index contributed by atoms with van der Waals surface area (Å²) >= 11 is 0. The van der Waals surface area contributed by atoms with E-state index >= 15 is 0 Å². The van der Waals surface area contributed by atoms with Gasteiger partial charge in [0.25, 0.3) is 11.8 Å². The summed E-state index contributed by atoms with van der Waals surface area (Å²) in [6, 6.07) is 11.6. The molecule has 4 rings (SSSR count). The first kappa shape index (κ1) is 31.7. The third-order valence-electron chi connectivity index (χ3n) is 7.83. The minimum absolute atomic E-state index is 0.0341. The van der Waals surface area contributed by atoms with Crippen LogP contribution in [-0.4, -0.2) is 70.6 Å². The number of benzene rings is 1. The van der Waals surface area contributed by atoms with Crippen molar-refractivity contribution in [2.75, 3.05) is 39.3 Å². The number of hydrogen-bond donors (Lipinski definition) is 0. The SMILES string of the molecule is CCOc1ccc(-c2nn3ccc(C(=O)N(CCC(C)C)CCC(C)C)cc3c2C=CCN2CCC(F)(F)CC2)cc1. The zero-order valence-electron chi connectivity index (χ0n) is 25.8. The van der Waals surface area contributed by atoms with Gasteiger partial charge in [-0.2, -0.15) is 5.10 Å². The summed E-state index contributed by atoms with van der Waals surface area (Å²) < 4.78 is 34.8. The topological polar surface area (TPSA) is 50.1 Å². The number of rotatable bonds is 13. The molecule has 0 radical (unpaired) electrons. The van der Waals surface area contributed by atoms with E-state index in [4.69, 9.17) is 9.84 Å². The summed E-state index contributed by atoms with van der Waals surface area (Å²) in [4.78, 5) is 17.8. The highest BCUT2D eigenvalue weighted by Gasteiger charge is 2.33. The minimum atomic E-state index is -2.56. The summed E-state index contributed by atoms with van der Waals surface area (Å²) in [6.45, 7) is 14.0. The fourth-order valence-electron chi connectivity index (χ4n) is 5.16. The molecule has 1 saturated heterocycles. The highest BCUT2D eigenvalue weighted by molar-refractivity contribution is 5.96. The Bertz CT molecular complexity index is 1330. The quantitative estimate of drug-likeness (QED) is 0.208. The molecule has 0 spiro atoms. The van der Waals surface area contributed by atoms with Crippen molar-refractivity contribution in [3.05, 3.63) is 59.8 Å². The smallest absolute Gasteiger partial charge is 0.253 e. The lowest BCUT2D eigenvalue weighted by Gasteiger charge is -2.30. The molecule has 0 bridgehead atoms. The Kier molecular flexibility index (Phi) is 10.8. The fourth-order valence-corrected chi connectivity index (χ4v) is 5.16. The van der Waals surface area contributed by atoms with Crippen LogP contribution in [0.15, 0.2) is 48.7 Å². The standard InChI is InChI=1S/C34H46F2N4O2/c1-6-42-29-11-9-27(10-12-29)32-30(8-7-18-38-22-16-34(35,36)17-23-38)31-24-28(15-21-40(31)37-32)33(41)39(19-13-25(2)3)20-14-26(4)5/h7-12,15,21,24-26H,6,13-14,16-20,22-23H2,1-5H3. The van der Waals surface area contributed by atoms with Crippen LogP contribution in [0.4, 0.5) is 8.78 Å². The number of halogens is 2. The lowest BCUT2D eigenvalue weighted by Crippen LogP contribution is -2.39. The van der Waals surface area contributed by atoms with Crippen LogP contribution in [0.5, 0.6) is 5.75 Å². The van der Waals surface area contributed by atoms with Crippen molar-refractivity contribution in [3.8, 4) is 17.0 Å². The molecule has 42 heavy (non-hydrogen) atoms. The monoisotopic (exact) mass is 580 g/mol. The van der Waals surface area contributed by atoms with Crippen LogP contribution in [-0.2, 0) is 0 Å². The molecule has 3 aromatic rings. The summed E-state index contributed by atoms with van der Waals surface area (Å²) in [7, 11) is 0. The Morgan fingerprint density at radius 3 is 2.29 bits per heavy atom. The molecular formula is C34H46F2N4O2. The number of likely N-dealkylation sites (tertiary alicyclic amines) is 1. The van der Waals surface area contributed by atoms with Gasteiger partial charge in [-0.3, -0.25) is 9.69 Å². The van der Waals surface area contributed by atoms with E-state index in [0.717, 1.165) is 54.0 Å². The summed E-state index contributed by atoms with van der Waals surface area (Å²) in [5.41, 5.74) is 4.09. The maximum Gasteiger partial charge on any atom is 0.253 e. The van der Waals surface area contributed by atoms with Gasteiger partial charge < -0.3 is 9.64 Å². The number of fused-ring (bicyclic) bond motifs is 1. The zero-order valence-corrected chi connectivity index (χ0v) is 25.8. The van der Waals surface area contributed by atoms with E-state index in [0.29, 0.717) is 43.6 Å². The van der Waals surface area contributed by atoms with E-state index in [9.17, 15) is 13.6 Å². The number of nitrogens with zero attached hydrogens (tertiary/aromatic N) is 4. The molecule has 0 aliphatic carbocycles. The van der Waals surface area contributed by atoms with Crippen molar-refractivity contribution in [1.82, 2.24) is 19.4 Å². The van der Waals surface area contributed by atoms with E-state index in [2.05, 4.69) is 27.7 Å². The molecule has 1 fully saturated rings.